The smallest absolute Gasteiger partial charge is 0.326 e. The first-order valence-electron chi connectivity index (χ1n) is 7.15. The zero-order chi connectivity index (χ0) is 14.5. The summed E-state index contributed by atoms with van der Waals surface area (Å²) in [4.78, 5) is 23.6. The van der Waals surface area contributed by atoms with Crippen molar-refractivity contribution in [3.05, 3.63) is 0 Å². The number of rotatable bonds is 6. The Morgan fingerprint density at radius 2 is 1.84 bits per heavy atom. The predicted molar refractivity (Wildman–Crippen MR) is 73.6 cm³/mol. The van der Waals surface area contributed by atoms with Gasteiger partial charge in [0.15, 0.2) is 0 Å². The third-order valence-electron chi connectivity index (χ3n) is 3.99. The second-order valence-corrected chi connectivity index (χ2v) is 6.04. The Labute approximate surface area is 114 Å². The highest BCUT2D eigenvalue weighted by molar-refractivity contribution is 5.87. The molecule has 1 atom stereocenters. The molecule has 1 aliphatic rings. The molecule has 110 valence electrons. The Kier molecular flexibility index (Phi) is 5.79. The van der Waals surface area contributed by atoms with Gasteiger partial charge in [-0.2, -0.15) is 0 Å². The van der Waals surface area contributed by atoms with E-state index in [0.717, 1.165) is 32.1 Å². The van der Waals surface area contributed by atoms with Crippen LogP contribution in [0.5, 0.6) is 0 Å². The zero-order valence-electron chi connectivity index (χ0n) is 11.9. The fraction of sp³-hybridized carbons (Fsp3) is 0.857. The van der Waals surface area contributed by atoms with Crippen molar-refractivity contribution in [2.75, 3.05) is 6.54 Å². The molecule has 4 N–H and O–H groups in total. The van der Waals surface area contributed by atoms with E-state index in [1.165, 1.54) is 0 Å². The molecule has 0 aromatic carbocycles. The van der Waals surface area contributed by atoms with Gasteiger partial charge in [0.2, 0.25) is 5.91 Å². The van der Waals surface area contributed by atoms with Crippen LogP contribution in [0.4, 0.5) is 0 Å². The van der Waals surface area contributed by atoms with Gasteiger partial charge in [0.25, 0.3) is 0 Å². The lowest BCUT2D eigenvalue weighted by Gasteiger charge is -2.35. The highest BCUT2D eigenvalue weighted by Gasteiger charge is 2.39. The molecule has 0 radical (unpaired) electrons. The molecule has 0 aromatic rings. The molecule has 1 aliphatic carbocycles. The third-order valence-corrected chi connectivity index (χ3v) is 3.99. The van der Waals surface area contributed by atoms with Gasteiger partial charge in [0, 0.05) is 6.54 Å². The van der Waals surface area contributed by atoms with Gasteiger partial charge in [-0.25, -0.2) is 4.79 Å². The van der Waals surface area contributed by atoms with Gasteiger partial charge in [0.05, 0.1) is 5.41 Å². The number of nitrogens with two attached hydrogens (primary N) is 1. The van der Waals surface area contributed by atoms with Crippen molar-refractivity contribution in [2.24, 2.45) is 17.1 Å². The summed E-state index contributed by atoms with van der Waals surface area (Å²) in [6, 6.07) is -0.808. The molecule has 0 heterocycles. The quantitative estimate of drug-likeness (QED) is 0.682. The summed E-state index contributed by atoms with van der Waals surface area (Å²) in [5.74, 6) is -0.922. The molecule has 1 amide bonds. The molecule has 1 fully saturated rings. The van der Waals surface area contributed by atoms with Gasteiger partial charge in [-0.05, 0) is 25.2 Å². The number of hydrogen-bond donors (Lipinski definition) is 3. The van der Waals surface area contributed by atoms with Crippen molar-refractivity contribution >= 4 is 11.9 Å². The molecule has 1 saturated carbocycles. The van der Waals surface area contributed by atoms with E-state index in [-0.39, 0.29) is 11.8 Å². The monoisotopic (exact) mass is 270 g/mol. The highest BCUT2D eigenvalue weighted by atomic mass is 16.4. The predicted octanol–water partition coefficient (Wildman–Crippen LogP) is 1.51. The van der Waals surface area contributed by atoms with Crippen LogP contribution in [0.2, 0.25) is 0 Å². The lowest BCUT2D eigenvalue weighted by Crippen LogP contribution is -2.52. The van der Waals surface area contributed by atoms with Crippen molar-refractivity contribution in [3.8, 4) is 0 Å². The van der Waals surface area contributed by atoms with Crippen LogP contribution in [0.1, 0.15) is 52.4 Å². The van der Waals surface area contributed by atoms with Crippen molar-refractivity contribution in [1.82, 2.24) is 5.32 Å². The SMILES string of the molecule is CC(C)C[C@H](NC(=O)C1(CN)CCCCC1)C(=O)O. The maximum atomic E-state index is 12.4. The maximum Gasteiger partial charge on any atom is 0.326 e. The Morgan fingerprint density at radius 3 is 2.26 bits per heavy atom. The van der Waals surface area contributed by atoms with E-state index in [9.17, 15) is 14.7 Å². The normalized spacial score (nSPS) is 20.0. The Morgan fingerprint density at radius 1 is 1.26 bits per heavy atom. The molecule has 0 aliphatic heterocycles. The van der Waals surface area contributed by atoms with Crippen molar-refractivity contribution < 1.29 is 14.7 Å². The molecular weight excluding hydrogens is 244 g/mol. The molecule has 5 heteroatoms. The maximum absolute atomic E-state index is 12.4. The minimum atomic E-state index is -0.968. The number of carbonyl (C=O) groups excluding carboxylic acids is 1. The summed E-state index contributed by atoms with van der Waals surface area (Å²) >= 11 is 0. The Balaban J connectivity index is 2.71. The number of amides is 1. The summed E-state index contributed by atoms with van der Waals surface area (Å²) in [6.07, 6.45) is 5.09. The fourth-order valence-corrected chi connectivity index (χ4v) is 2.76. The number of carbonyl (C=O) groups is 2. The second kappa shape index (κ2) is 6.89. The van der Waals surface area contributed by atoms with Crippen LogP contribution in [-0.4, -0.2) is 29.6 Å². The lowest BCUT2D eigenvalue weighted by atomic mass is 9.73. The minimum Gasteiger partial charge on any atom is -0.480 e. The fourth-order valence-electron chi connectivity index (χ4n) is 2.76. The number of hydrogen-bond acceptors (Lipinski definition) is 3. The van der Waals surface area contributed by atoms with Crippen LogP contribution in [0.3, 0.4) is 0 Å². The number of nitrogens with one attached hydrogen (secondary N) is 1. The van der Waals surface area contributed by atoms with Gasteiger partial charge in [-0.15, -0.1) is 0 Å². The van der Waals surface area contributed by atoms with Crippen molar-refractivity contribution in [3.63, 3.8) is 0 Å². The topological polar surface area (TPSA) is 92.4 Å². The van der Waals surface area contributed by atoms with Crippen LogP contribution in [-0.2, 0) is 9.59 Å². The molecule has 5 nitrogen and oxygen atoms in total. The zero-order valence-corrected chi connectivity index (χ0v) is 11.9. The summed E-state index contributed by atoms with van der Waals surface area (Å²) in [5.41, 5.74) is 5.23. The lowest BCUT2D eigenvalue weighted by molar-refractivity contribution is -0.144. The van der Waals surface area contributed by atoms with Crippen molar-refractivity contribution in [2.45, 2.75) is 58.4 Å². The average molecular weight is 270 g/mol. The molecule has 0 bridgehead atoms. The molecule has 0 aromatic heterocycles. The van der Waals surface area contributed by atoms with E-state index in [0.29, 0.717) is 13.0 Å². The molecule has 0 unspecified atom stereocenters. The third kappa shape index (κ3) is 4.20. The van der Waals surface area contributed by atoms with Crippen LogP contribution in [0.25, 0.3) is 0 Å². The van der Waals surface area contributed by atoms with Gasteiger partial charge >= 0.3 is 5.97 Å². The first kappa shape index (κ1) is 16.0. The molecule has 19 heavy (non-hydrogen) atoms. The number of aliphatic carboxylic acids is 1. The van der Waals surface area contributed by atoms with Crippen LogP contribution in [0, 0.1) is 11.3 Å². The molecule has 1 rings (SSSR count). The molecular formula is C14H26N2O3. The standard InChI is InChI=1S/C14H26N2O3/c1-10(2)8-11(12(17)18)16-13(19)14(9-15)6-4-3-5-7-14/h10-11H,3-9,15H2,1-2H3,(H,16,19)(H,17,18)/t11-/m0/s1. The summed E-state index contributed by atoms with van der Waals surface area (Å²) in [5, 5.41) is 11.9. The largest absolute Gasteiger partial charge is 0.480 e. The van der Waals surface area contributed by atoms with Crippen LogP contribution in [0.15, 0.2) is 0 Å². The van der Waals surface area contributed by atoms with E-state index < -0.39 is 17.4 Å². The Bertz CT molecular complexity index is 323. The summed E-state index contributed by atoms with van der Waals surface area (Å²) < 4.78 is 0. The van der Waals surface area contributed by atoms with Crippen LogP contribution >= 0.6 is 0 Å². The number of carboxylic acid groups (broad SMARTS) is 1. The van der Waals surface area contributed by atoms with Gasteiger partial charge in [-0.1, -0.05) is 33.1 Å². The van der Waals surface area contributed by atoms with Gasteiger partial charge in [0.1, 0.15) is 6.04 Å². The highest BCUT2D eigenvalue weighted by Crippen LogP contribution is 2.35. The first-order chi connectivity index (χ1) is 8.91. The first-order valence-corrected chi connectivity index (χ1v) is 7.15. The molecule has 0 saturated heterocycles. The second-order valence-electron chi connectivity index (χ2n) is 6.04. The van der Waals surface area contributed by atoms with E-state index in [1.54, 1.807) is 0 Å². The minimum absolute atomic E-state index is 0.178. The van der Waals surface area contributed by atoms with Gasteiger partial charge < -0.3 is 16.2 Å². The van der Waals surface area contributed by atoms with E-state index in [1.807, 2.05) is 13.8 Å². The van der Waals surface area contributed by atoms with E-state index in [4.69, 9.17) is 5.73 Å². The van der Waals surface area contributed by atoms with E-state index in [2.05, 4.69) is 5.32 Å². The molecule has 0 spiro atoms. The summed E-state index contributed by atoms with van der Waals surface area (Å²) in [7, 11) is 0. The van der Waals surface area contributed by atoms with Gasteiger partial charge in [-0.3, -0.25) is 4.79 Å². The van der Waals surface area contributed by atoms with Crippen molar-refractivity contribution in [1.29, 1.82) is 0 Å². The van der Waals surface area contributed by atoms with Crippen LogP contribution < -0.4 is 11.1 Å². The average Bonchev–Trinajstić information content (AvgIpc) is 2.38. The van der Waals surface area contributed by atoms with E-state index >= 15 is 0 Å². The number of carboxylic acids is 1. The Hall–Kier alpha value is -1.10. The summed E-state index contributed by atoms with van der Waals surface area (Å²) in [6.45, 7) is 4.19.